The molecule has 0 spiro atoms. The fourth-order valence-corrected chi connectivity index (χ4v) is 6.46. The molecule has 0 bridgehead atoms. The molecule has 0 heterocycles. The van der Waals surface area contributed by atoms with E-state index >= 15 is 0 Å². The van der Waals surface area contributed by atoms with Crippen molar-refractivity contribution in [3.8, 4) is 55.6 Å². The van der Waals surface area contributed by atoms with Gasteiger partial charge < -0.3 is 0 Å². The van der Waals surface area contributed by atoms with Crippen LogP contribution in [0.5, 0.6) is 0 Å². The molecule has 0 N–H and O–H groups in total. The molecule has 0 radical (unpaired) electrons. The van der Waals surface area contributed by atoms with Crippen molar-refractivity contribution in [3.63, 3.8) is 0 Å². The van der Waals surface area contributed by atoms with Gasteiger partial charge in [0.25, 0.3) is 0 Å². The van der Waals surface area contributed by atoms with E-state index in [-0.39, 0.29) is 0 Å². The average Bonchev–Trinajstić information content (AvgIpc) is 2.97. The molecule has 38 heavy (non-hydrogen) atoms. The van der Waals surface area contributed by atoms with Crippen molar-refractivity contribution in [1.29, 1.82) is 0 Å². The van der Waals surface area contributed by atoms with Gasteiger partial charge in [-0.3, -0.25) is 0 Å². The summed E-state index contributed by atoms with van der Waals surface area (Å²) in [4.78, 5) is 0. The molecule has 2 heteroatoms. The minimum absolute atomic E-state index is 1.04. The standard InChI is InChI=1S/C36H24Br2/c37-30-21-29(22-31(38)23-30)33-24-32(25-13-5-1-6-14-25)34(26-15-7-2-8-16-26)36(28-19-11-4-12-20-28)35(33)27-17-9-3-10-18-27/h1-24H. The van der Waals surface area contributed by atoms with Crippen LogP contribution in [0.2, 0.25) is 0 Å². The lowest BCUT2D eigenvalue weighted by molar-refractivity contribution is 1.51. The van der Waals surface area contributed by atoms with Crippen molar-refractivity contribution in [2.75, 3.05) is 0 Å². The first-order valence-electron chi connectivity index (χ1n) is 12.6. The number of halogens is 2. The summed E-state index contributed by atoms with van der Waals surface area (Å²) < 4.78 is 2.08. The van der Waals surface area contributed by atoms with Gasteiger partial charge in [-0.15, -0.1) is 0 Å². The number of benzene rings is 6. The van der Waals surface area contributed by atoms with E-state index in [0.717, 1.165) is 14.5 Å². The van der Waals surface area contributed by atoms with Crippen LogP contribution in [0.4, 0.5) is 0 Å². The van der Waals surface area contributed by atoms with E-state index in [9.17, 15) is 0 Å². The zero-order chi connectivity index (χ0) is 25.9. The highest BCUT2D eigenvalue weighted by Gasteiger charge is 2.23. The van der Waals surface area contributed by atoms with Crippen LogP contribution in [-0.2, 0) is 0 Å². The fourth-order valence-electron chi connectivity index (χ4n) is 5.17. The lowest BCUT2D eigenvalue weighted by atomic mass is 9.79. The summed E-state index contributed by atoms with van der Waals surface area (Å²) in [5.41, 5.74) is 12.0. The van der Waals surface area contributed by atoms with E-state index in [4.69, 9.17) is 0 Å². The molecule has 0 amide bonds. The molecule has 0 saturated carbocycles. The van der Waals surface area contributed by atoms with Crippen LogP contribution >= 0.6 is 31.9 Å². The summed E-state index contributed by atoms with van der Waals surface area (Å²) in [6, 6.07) is 51.9. The zero-order valence-corrected chi connectivity index (χ0v) is 23.8. The van der Waals surface area contributed by atoms with Crippen LogP contribution in [0.3, 0.4) is 0 Å². The molecule has 6 rings (SSSR count). The first kappa shape index (κ1) is 24.6. The number of hydrogen-bond donors (Lipinski definition) is 0. The van der Waals surface area contributed by atoms with Crippen molar-refractivity contribution in [2.45, 2.75) is 0 Å². The lowest BCUT2D eigenvalue weighted by Gasteiger charge is -2.24. The first-order chi connectivity index (χ1) is 18.7. The quantitative estimate of drug-likeness (QED) is 0.181. The van der Waals surface area contributed by atoms with Gasteiger partial charge >= 0.3 is 0 Å². The van der Waals surface area contributed by atoms with Crippen molar-refractivity contribution < 1.29 is 0 Å². The van der Waals surface area contributed by atoms with Gasteiger partial charge in [0, 0.05) is 8.95 Å². The number of hydrogen-bond acceptors (Lipinski definition) is 0. The Bertz CT molecular complexity index is 1670. The lowest BCUT2D eigenvalue weighted by Crippen LogP contribution is -1.98. The van der Waals surface area contributed by atoms with Gasteiger partial charge in [-0.05, 0) is 79.9 Å². The Morgan fingerprint density at radius 2 is 0.632 bits per heavy atom. The van der Waals surface area contributed by atoms with Crippen molar-refractivity contribution in [2.24, 2.45) is 0 Å². The third-order valence-electron chi connectivity index (χ3n) is 6.77. The molecular formula is C36H24Br2. The maximum Gasteiger partial charge on any atom is 0.0192 e. The highest BCUT2D eigenvalue weighted by Crippen LogP contribution is 2.50. The van der Waals surface area contributed by atoms with Crippen molar-refractivity contribution in [3.05, 3.63) is 155 Å². The van der Waals surface area contributed by atoms with Crippen LogP contribution in [0, 0.1) is 0 Å². The van der Waals surface area contributed by atoms with Gasteiger partial charge in [0.05, 0.1) is 0 Å². The summed E-state index contributed by atoms with van der Waals surface area (Å²) in [7, 11) is 0. The van der Waals surface area contributed by atoms with E-state index in [0.29, 0.717) is 0 Å². The Morgan fingerprint density at radius 1 is 0.289 bits per heavy atom. The minimum atomic E-state index is 1.04. The summed E-state index contributed by atoms with van der Waals surface area (Å²) in [6.45, 7) is 0. The summed E-state index contributed by atoms with van der Waals surface area (Å²) in [5.74, 6) is 0. The maximum absolute atomic E-state index is 3.74. The molecule has 0 nitrogen and oxygen atoms in total. The molecule has 182 valence electrons. The molecular weight excluding hydrogens is 592 g/mol. The Labute approximate surface area is 240 Å². The van der Waals surface area contributed by atoms with Crippen molar-refractivity contribution in [1.82, 2.24) is 0 Å². The van der Waals surface area contributed by atoms with Gasteiger partial charge in [-0.1, -0.05) is 153 Å². The van der Waals surface area contributed by atoms with Gasteiger partial charge in [0.2, 0.25) is 0 Å². The second-order valence-electron chi connectivity index (χ2n) is 9.22. The predicted molar refractivity (Wildman–Crippen MR) is 169 cm³/mol. The molecule has 6 aromatic rings. The molecule has 0 atom stereocenters. The summed E-state index contributed by atoms with van der Waals surface area (Å²) in [5, 5.41) is 0. The average molecular weight is 616 g/mol. The van der Waals surface area contributed by atoms with E-state index < -0.39 is 0 Å². The van der Waals surface area contributed by atoms with E-state index in [1.807, 2.05) is 0 Å². The van der Waals surface area contributed by atoms with Gasteiger partial charge in [-0.25, -0.2) is 0 Å². The predicted octanol–water partition coefficient (Wildman–Crippen LogP) is 11.5. The smallest absolute Gasteiger partial charge is 0.0192 e. The van der Waals surface area contributed by atoms with Crippen LogP contribution in [0.1, 0.15) is 0 Å². The second-order valence-corrected chi connectivity index (χ2v) is 11.1. The molecule has 0 aliphatic rings. The highest BCUT2D eigenvalue weighted by atomic mass is 79.9. The molecule has 0 aromatic heterocycles. The monoisotopic (exact) mass is 614 g/mol. The van der Waals surface area contributed by atoms with Crippen LogP contribution < -0.4 is 0 Å². The Balaban J connectivity index is 1.85. The van der Waals surface area contributed by atoms with Crippen LogP contribution in [-0.4, -0.2) is 0 Å². The molecule has 0 unspecified atom stereocenters. The molecule has 0 fully saturated rings. The molecule has 0 saturated heterocycles. The first-order valence-corrected chi connectivity index (χ1v) is 14.2. The number of rotatable bonds is 5. The van der Waals surface area contributed by atoms with E-state index in [2.05, 4.69) is 177 Å². The van der Waals surface area contributed by atoms with Gasteiger partial charge in [0.15, 0.2) is 0 Å². The van der Waals surface area contributed by atoms with Gasteiger partial charge in [-0.2, -0.15) is 0 Å². The topological polar surface area (TPSA) is 0 Å². The normalized spacial score (nSPS) is 10.9. The second kappa shape index (κ2) is 10.9. The Kier molecular flexibility index (Phi) is 7.09. The third-order valence-corrected chi connectivity index (χ3v) is 7.69. The fraction of sp³-hybridized carbons (Fsp3) is 0. The highest BCUT2D eigenvalue weighted by molar-refractivity contribution is 9.11. The SMILES string of the molecule is Brc1cc(Br)cc(-c2cc(-c3ccccc3)c(-c3ccccc3)c(-c3ccccc3)c2-c2ccccc2)c1. The zero-order valence-electron chi connectivity index (χ0n) is 20.6. The Hall–Kier alpha value is -3.72. The summed E-state index contributed by atoms with van der Waals surface area (Å²) >= 11 is 7.48. The minimum Gasteiger partial charge on any atom is -0.0622 e. The van der Waals surface area contributed by atoms with E-state index in [1.165, 1.54) is 50.1 Å². The maximum atomic E-state index is 3.74. The summed E-state index contributed by atoms with van der Waals surface area (Å²) in [6.07, 6.45) is 0. The molecule has 6 aromatic carbocycles. The van der Waals surface area contributed by atoms with Gasteiger partial charge in [0.1, 0.15) is 0 Å². The van der Waals surface area contributed by atoms with Crippen LogP contribution in [0.25, 0.3) is 55.6 Å². The molecule has 0 aliphatic heterocycles. The van der Waals surface area contributed by atoms with Crippen LogP contribution in [0.15, 0.2) is 155 Å². The molecule has 0 aliphatic carbocycles. The third kappa shape index (κ3) is 4.90. The van der Waals surface area contributed by atoms with E-state index in [1.54, 1.807) is 0 Å². The Morgan fingerprint density at radius 3 is 1.05 bits per heavy atom. The van der Waals surface area contributed by atoms with Crippen molar-refractivity contribution >= 4 is 31.9 Å². The largest absolute Gasteiger partial charge is 0.0622 e.